The number of carbonyl (C=O) groups is 1. The molecule has 0 aliphatic heterocycles. The molecule has 1 amide bonds. The highest BCUT2D eigenvalue weighted by atomic mass is 79.9. The Morgan fingerprint density at radius 3 is 2.38 bits per heavy atom. The monoisotopic (exact) mass is 419 g/mol. The minimum Gasteiger partial charge on any atom is -0.497 e. The number of benzene rings is 2. The van der Waals surface area contributed by atoms with Gasteiger partial charge in [0.15, 0.2) is 0 Å². The van der Waals surface area contributed by atoms with E-state index in [-0.39, 0.29) is 11.9 Å². The molecule has 1 unspecified atom stereocenters. The van der Waals surface area contributed by atoms with E-state index in [2.05, 4.69) is 21.2 Å². The molecule has 0 fully saturated rings. The zero-order valence-electron chi connectivity index (χ0n) is 15.2. The van der Waals surface area contributed by atoms with Gasteiger partial charge in [-0.3, -0.25) is 4.79 Å². The molecular weight excluding hydrogens is 398 g/mol. The van der Waals surface area contributed by atoms with Gasteiger partial charge in [-0.1, -0.05) is 15.9 Å². The lowest BCUT2D eigenvalue weighted by atomic mass is 10.1. The number of methoxy groups -OCH3 is 3. The predicted molar refractivity (Wildman–Crippen MR) is 106 cm³/mol. The predicted octanol–water partition coefficient (Wildman–Crippen LogP) is 4.37. The molecule has 1 N–H and O–H groups in total. The van der Waals surface area contributed by atoms with Crippen LogP contribution in [0.25, 0.3) is 6.08 Å². The van der Waals surface area contributed by atoms with Crippen molar-refractivity contribution in [2.45, 2.75) is 13.0 Å². The van der Waals surface area contributed by atoms with Crippen LogP contribution in [0.4, 0.5) is 0 Å². The molecule has 0 saturated carbocycles. The van der Waals surface area contributed by atoms with Crippen molar-refractivity contribution in [3.63, 3.8) is 0 Å². The van der Waals surface area contributed by atoms with Crippen molar-refractivity contribution in [3.8, 4) is 17.2 Å². The molecule has 5 nitrogen and oxygen atoms in total. The number of ether oxygens (including phenoxy) is 3. The number of halogens is 1. The number of rotatable bonds is 7. The van der Waals surface area contributed by atoms with Gasteiger partial charge >= 0.3 is 0 Å². The summed E-state index contributed by atoms with van der Waals surface area (Å²) >= 11 is 3.42. The van der Waals surface area contributed by atoms with Crippen LogP contribution in [-0.4, -0.2) is 27.2 Å². The van der Waals surface area contributed by atoms with Gasteiger partial charge in [0.05, 0.1) is 27.4 Å². The first-order chi connectivity index (χ1) is 12.5. The van der Waals surface area contributed by atoms with Crippen molar-refractivity contribution >= 4 is 27.9 Å². The Morgan fingerprint density at radius 2 is 1.73 bits per heavy atom. The first-order valence-corrected chi connectivity index (χ1v) is 8.81. The third-order valence-corrected chi connectivity index (χ3v) is 4.36. The maximum atomic E-state index is 12.3. The molecule has 0 aliphatic carbocycles. The fourth-order valence-electron chi connectivity index (χ4n) is 2.52. The average Bonchev–Trinajstić information content (AvgIpc) is 2.65. The Labute approximate surface area is 162 Å². The largest absolute Gasteiger partial charge is 0.497 e. The van der Waals surface area contributed by atoms with E-state index in [0.29, 0.717) is 17.2 Å². The second kappa shape index (κ2) is 9.29. The van der Waals surface area contributed by atoms with Crippen molar-refractivity contribution in [3.05, 3.63) is 58.1 Å². The SMILES string of the molecule is COc1ccc(OC)c(C(C)NC(=O)/C=C/c2cc(Br)ccc2OC)c1. The molecule has 2 aromatic carbocycles. The van der Waals surface area contributed by atoms with Crippen LogP contribution < -0.4 is 19.5 Å². The van der Waals surface area contributed by atoms with E-state index >= 15 is 0 Å². The Balaban J connectivity index is 2.14. The minimum absolute atomic E-state index is 0.218. The van der Waals surface area contributed by atoms with E-state index in [1.807, 2.05) is 43.3 Å². The maximum Gasteiger partial charge on any atom is 0.244 e. The van der Waals surface area contributed by atoms with Crippen molar-refractivity contribution in [1.29, 1.82) is 0 Å². The average molecular weight is 420 g/mol. The number of carbonyl (C=O) groups excluding carboxylic acids is 1. The number of hydrogen-bond acceptors (Lipinski definition) is 4. The fourth-order valence-corrected chi connectivity index (χ4v) is 2.90. The smallest absolute Gasteiger partial charge is 0.244 e. The molecule has 0 aliphatic rings. The van der Waals surface area contributed by atoms with Crippen LogP contribution in [0.2, 0.25) is 0 Å². The van der Waals surface area contributed by atoms with Crippen LogP contribution >= 0.6 is 15.9 Å². The van der Waals surface area contributed by atoms with Gasteiger partial charge in [0, 0.05) is 21.7 Å². The molecule has 0 aromatic heterocycles. The lowest BCUT2D eigenvalue weighted by molar-refractivity contribution is -0.117. The molecule has 2 rings (SSSR count). The van der Waals surface area contributed by atoms with Gasteiger partial charge in [-0.15, -0.1) is 0 Å². The molecule has 138 valence electrons. The van der Waals surface area contributed by atoms with Crippen LogP contribution in [0.5, 0.6) is 17.2 Å². The van der Waals surface area contributed by atoms with Crippen LogP contribution in [0, 0.1) is 0 Å². The highest BCUT2D eigenvalue weighted by Crippen LogP contribution is 2.29. The van der Waals surface area contributed by atoms with Crippen LogP contribution in [0.15, 0.2) is 46.9 Å². The number of nitrogens with one attached hydrogen (secondary N) is 1. The molecular formula is C20H22BrNO4. The summed E-state index contributed by atoms with van der Waals surface area (Å²) in [6.45, 7) is 1.89. The van der Waals surface area contributed by atoms with Gasteiger partial charge < -0.3 is 19.5 Å². The molecule has 0 radical (unpaired) electrons. The second-order valence-corrected chi connectivity index (χ2v) is 6.47. The lowest BCUT2D eigenvalue weighted by Crippen LogP contribution is -2.25. The summed E-state index contributed by atoms with van der Waals surface area (Å²) in [5.41, 5.74) is 1.65. The van der Waals surface area contributed by atoms with Crippen LogP contribution in [0.3, 0.4) is 0 Å². The summed E-state index contributed by atoms with van der Waals surface area (Å²) in [6, 6.07) is 10.8. The van der Waals surface area contributed by atoms with Crippen molar-refractivity contribution in [2.24, 2.45) is 0 Å². The standard InChI is InChI=1S/C20H22BrNO4/c1-13(17-12-16(24-2)7-9-19(17)26-4)22-20(23)10-5-14-11-15(21)6-8-18(14)25-3/h5-13H,1-4H3,(H,22,23)/b10-5+. The van der Waals surface area contributed by atoms with Gasteiger partial charge in [0.2, 0.25) is 5.91 Å². The summed E-state index contributed by atoms with van der Waals surface area (Å²) in [6.07, 6.45) is 3.20. The Hall–Kier alpha value is -2.47. The lowest BCUT2D eigenvalue weighted by Gasteiger charge is -2.17. The molecule has 0 spiro atoms. The highest BCUT2D eigenvalue weighted by Gasteiger charge is 2.14. The third kappa shape index (κ3) is 5.02. The summed E-state index contributed by atoms with van der Waals surface area (Å²) in [5, 5.41) is 2.93. The highest BCUT2D eigenvalue weighted by molar-refractivity contribution is 9.10. The van der Waals surface area contributed by atoms with E-state index in [0.717, 1.165) is 15.6 Å². The molecule has 6 heteroatoms. The van der Waals surface area contributed by atoms with Crippen molar-refractivity contribution in [2.75, 3.05) is 21.3 Å². The van der Waals surface area contributed by atoms with Gasteiger partial charge in [0.1, 0.15) is 17.2 Å². The quantitative estimate of drug-likeness (QED) is 0.677. The molecule has 1 atom stereocenters. The van der Waals surface area contributed by atoms with Gasteiger partial charge in [0.25, 0.3) is 0 Å². The first-order valence-electron chi connectivity index (χ1n) is 8.02. The maximum absolute atomic E-state index is 12.3. The normalized spacial score (nSPS) is 11.9. The number of amides is 1. The van der Waals surface area contributed by atoms with Crippen LogP contribution in [0.1, 0.15) is 24.1 Å². The first kappa shape index (κ1) is 19.8. The van der Waals surface area contributed by atoms with E-state index in [9.17, 15) is 4.79 Å². The van der Waals surface area contributed by atoms with E-state index in [1.165, 1.54) is 6.08 Å². The van der Waals surface area contributed by atoms with E-state index in [4.69, 9.17) is 14.2 Å². The van der Waals surface area contributed by atoms with E-state index < -0.39 is 0 Å². The Kier molecular flexibility index (Phi) is 7.09. The zero-order valence-corrected chi connectivity index (χ0v) is 16.8. The molecule has 2 aromatic rings. The third-order valence-electron chi connectivity index (χ3n) is 3.87. The molecule has 0 saturated heterocycles. The summed E-state index contributed by atoms with van der Waals surface area (Å²) in [4.78, 5) is 12.3. The van der Waals surface area contributed by atoms with Gasteiger partial charge in [-0.25, -0.2) is 0 Å². The summed E-state index contributed by atoms with van der Waals surface area (Å²) in [5.74, 6) is 1.87. The Bertz CT molecular complexity index is 804. The summed E-state index contributed by atoms with van der Waals surface area (Å²) < 4.78 is 16.8. The molecule has 0 bridgehead atoms. The van der Waals surface area contributed by atoms with Crippen LogP contribution in [-0.2, 0) is 4.79 Å². The van der Waals surface area contributed by atoms with Gasteiger partial charge in [-0.2, -0.15) is 0 Å². The number of hydrogen-bond donors (Lipinski definition) is 1. The van der Waals surface area contributed by atoms with Gasteiger partial charge in [-0.05, 0) is 49.4 Å². The molecule has 0 heterocycles. The Morgan fingerprint density at radius 1 is 1.04 bits per heavy atom. The zero-order chi connectivity index (χ0) is 19.1. The van der Waals surface area contributed by atoms with Crippen molar-refractivity contribution < 1.29 is 19.0 Å². The fraction of sp³-hybridized carbons (Fsp3) is 0.250. The topological polar surface area (TPSA) is 56.8 Å². The second-order valence-electron chi connectivity index (χ2n) is 5.56. The molecule has 26 heavy (non-hydrogen) atoms. The van der Waals surface area contributed by atoms with E-state index in [1.54, 1.807) is 27.4 Å². The minimum atomic E-state index is -0.249. The summed E-state index contributed by atoms with van der Waals surface area (Å²) in [7, 11) is 4.79. The van der Waals surface area contributed by atoms with Crippen molar-refractivity contribution in [1.82, 2.24) is 5.32 Å².